The smallest absolute Gasteiger partial charge is 0.154 e. The zero-order chi connectivity index (χ0) is 40.9. The van der Waals surface area contributed by atoms with Gasteiger partial charge in [-0.25, -0.2) is 0 Å². The molecule has 4 aromatic carbocycles. The first kappa shape index (κ1) is 41.9. The van der Waals surface area contributed by atoms with Crippen molar-refractivity contribution in [2.24, 2.45) is 11.8 Å². The largest absolute Gasteiger partial charge is 0.494 e. The lowest BCUT2D eigenvalue weighted by Gasteiger charge is -2.15. The standard InChI is InChI=1S/C43H50N4O9/c1-49-31-17-25(18-32(50-2)39(31)44)9-13-29(14-10-26-19-33(51-3)40(45)34(20-26)52-4)43(48)30(15-11-27-21-35(53-5)41(46)36(22-27)54-6)16-12-28-23-37(55-7)42(47)38(24-28)56-8/h9-24,29-30H,44-47H2,1-8H3. The summed E-state index contributed by atoms with van der Waals surface area (Å²) in [5, 5.41) is 0. The quantitative estimate of drug-likeness (QED) is 0.0754. The summed E-state index contributed by atoms with van der Waals surface area (Å²) in [5.74, 6) is 1.66. The van der Waals surface area contributed by atoms with Gasteiger partial charge in [0.2, 0.25) is 0 Å². The maximum absolute atomic E-state index is 14.8. The highest BCUT2D eigenvalue weighted by atomic mass is 16.5. The Labute approximate surface area is 327 Å². The maximum Gasteiger partial charge on any atom is 0.154 e. The average Bonchev–Trinajstić information content (AvgIpc) is 3.21. The Hall–Kier alpha value is -6.89. The van der Waals surface area contributed by atoms with Crippen molar-refractivity contribution in [3.63, 3.8) is 0 Å². The van der Waals surface area contributed by atoms with E-state index in [1.165, 1.54) is 56.9 Å². The van der Waals surface area contributed by atoms with Gasteiger partial charge in [-0.15, -0.1) is 0 Å². The van der Waals surface area contributed by atoms with Gasteiger partial charge in [0, 0.05) is 0 Å². The van der Waals surface area contributed by atoms with Gasteiger partial charge in [0.05, 0.1) is 68.7 Å². The third-order valence-electron chi connectivity index (χ3n) is 8.91. The monoisotopic (exact) mass is 766 g/mol. The molecule has 0 aliphatic carbocycles. The molecule has 13 nitrogen and oxygen atoms in total. The predicted molar refractivity (Wildman–Crippen MR) is 224 cm³/mol. The molecule has 4 aromatic rings. The Morgan fingerprint density at radius 2 is 0.536 bits per heavy atom. The first-order valence-electron chi connectivity index (χ1n) is 17.3. The lowest BCUT2D eigenvalue weighted by molar-refractivity contribution is -0.121. The zero-order valence-electron chi connectivity index (χ0n) is 32.9. The number of Topliss-reactive ketones (excluding diaryl/α,β-unsaturated/α-hetero) is 1. The van der Waals surface area contributed by atoms with Crippen molar-refractivity contribution in [2.75, 3.05) is 79.8 Å². The summed E-state index contributed by atoms with van der Waals surface area (Å²) < 4.78 is 43.9. The molecule has 4 rings (SSSR count). The summed E-state index contributed by atoms with van der Waals surface area (Å²) in [4.78, 5) is 14.8. The normalized spacial score (nSPS) is 12.6. The van der Waals surface area contributed by atoms with Gasteiger partial charge in [-0.3, -0.25) is 4.79 Å². The van der Waals surface area contributed by atoms with Crippen molar-refractivity contribution in [2.45, 2.75) is 0 Å². The lowest BCUT2D eigenvalue weighted by Crippen LogP contribution is -2.18. The molecule has 0 aliphatic rings. The number of ketones is 1. The van der Waals surface area contributed by atoms with Crippen LogP contribution in [0.4, 0.5) is 22.7 Å². The van der Waals surface area contributed by atoms with Crippen LogP contribution in [0, 0.1) is 11.8 Å². The maximum atomic E-state index is 14.8. The Kier molecular flexibility index (Phi) is 14.5. The van der Waals surface area contributed by atoms with Crippen LogP contribution in [0.5, 0.6) is 46.0 Å². The SMILES string of the molecule is COc1cc(C=CC(C=Cc2cc(OC)c(N)c(OC)c2)C(=O)C(C=Cc2cc(OC)c(N)c(OC)c2)C=Cc2cc(OC)c(N)c(OC)c2)cc(OC)c1N. The van der Waals surface area contributed by atoms with Gasteiger partial charge in [-0.2, -0.15) is 0 Å². The van der Waals surface area contributed by atoms with E-state index in [1.54, 1.807) is 97.1 Å². The summed E-state index contributed by atoms with van der Waals surface area (Å²) >= 11 is 0. The number of rotatable bonds is 18. The highest BCUT2D eigenvalue weighted by molar-refractivity contribution is 5.92. The molecule has 8 N–H and O–H groups in total. The molecule has 0 fully saturated rings. The molecular weight excluding hydrogens is 716 g/mol. The van der Waals surface area contributed by atoms with E-state index in [2.05, 4.69) is 0 Å². The second-order valence-corrected chi connectivity index (χ2v) is 12.2. The van der Waals surface area contributed by atoms with E-state index < -0.39 is 11.8 Å². The first-order valence-corrected chi connectivity index (χ1v) is 17.3. The summed E-state index contributed by atoms with van der Waals surface area (Å²) in [6.07, 6.45) is 14.4. The second kappa shape index (κ2) is 19.4. The van der Waals surface area contributed by atoms with Gasteiger partial charge in [0.1, 0.15) is 68.7 Å². The Balaban J connectivity index is 1.89. The number of nitrogens with two attached hydrogens (primary N) is 4. The van der Waals surface area contributed by atoms with E-state index in [0.29, 0.717) is 91.0 Å². The number of ether oxygens (including phenoxy) is 8. The van der Waals surface area contributed by atoms with E-state index in [9.17, 15) is 4.79 Å². The number of methoxy groups -OCH3 is 8. The minimum atomic E-state index is -0.788. The second-order valence-electron chi connectivity index (χ2n) is 12.2. The van der Waals surface area contributed by atoms with Gasteiger partial charge in [0.15, 0.2) is 5.78 Å². The fourth-order valence-corrected chi connectivity index (χ4v) is 5.81. The average molecular weight is 767 g/mol. The van der Waals surface area contributed by atoms with Crippen molar-refractivity contribution in [3.05, 3.63) is 95.1 Å². The van der Waals surface area contributed by atoms with Gasteiger partial charge < -0.3 is 60.8 Å². The minimum Gasteiger partial charge on any atom is -0.494 e. The molecule has 0 amide bonds. The minimum absolute atomic E-state index is 0.183. The van der Waals surface area contributed by atoms with Crippen LogP contribution in [0.25, 0.3) is 24.3 Å². The van der Waals surface area contributed by atoms with Crippen molar-refractivity contribution in [1.82, 2.24) is 0 Å². The van der Waals surface area contributed by atoms with E-state index in [-0.39, 0.29) is 5.78 Å². The van der Waals surface area contributed by atoms with Crippen LogP contribution >= 0.6 is 0 Å². The van der Waals surface area contributed by atoms with Crippen LogP contribution in [-0.2, 0) is 4.79 Å². The Morgan fingerprint density at radius 3 is 0.679 bits per heavy atom. The molecule has 0 aliphatic heterocycles. The molecule has 0 saturated heterocycles. The highest BCUT2D eigenvalue weighted by Gasteiger charge is 2.21. The molecule has 56 heavy (non-hydrogen) atoms. The van der Waals surface area contributed by atoms with Crippen molar-refractivity contribution >= 4 is 52.8 Å². The highest BCUT2D eigenvalue weighted by Crippen LogP contribution is 2.37. The molecule has 0 radical (unpaired) electrons. The van der Waals surface area contributed by atoms with Crippen LogP contribution in [0.2, 0.25) is 0 Å². The van der Waals surface area contributed by atoms with Crippen LogP contribution < -0.4 is 60.8 Å². The third-order valence-corrected chi connectivity index (χ3v) is 8.91. The molecular formula is C43H50N4O9. The number of allylic oxidation sites excluding steroid dienone is 4. The van der Waals surface area contributed by atoms with E-state index in [0.717, 1.165) is 0 Å². The van der Waals surface area contributed by atoms with Gasteiger partial charge in [-0.1, -0.05) is 48.6 Å². The van der Waals surface area contributed by atoms with Gasteiger partial charge in [0.25, 0.3) is 0 Å². The topological polar surface area (TPSA) is 195 Å². The number of carbonyl (C=O) groups excluding carboxylic acids is 1. The predicted octanol–water partition coefficient (Wildman–Crippen LogP) is 7.04. The number of hydrogen-bond donors (Lipinski definition) is 4. The lowest BCUT2D eigenvalue weighted by atomic mass is 9.89. The number of carbonyl (C=O) groups is 1. The number of anilines is 4. The molecule has 13 heteroatoms. The summed E-state index contributed by atoms with van der Waals surface area (Å²) in [6.45, 7) is 0. The fourth-order valence-electron chi connectivity index (χ4n) is 5.81. The fraction of sp³-hybridized carbons (Fsp3) is 0.233. The Bertz CT molecular complexity index is 1750. The summed E-state index contributed by atoms with van der Waals surface area (Å²) in [7, 11) is 12.1. The van der Waals surface area contributed by atoms with Crippen LogP contribution in [-0.4, -0.2) is 62.7 Å². The number of hydrogen-bond acceptors (Lipinski definition) is 13. The molecule has 0 spiro atoms. The third kappa shape index (κ3) is 9.80. The Morgan fingerprint density at radius 1 is 0.375 bits per heavy atom. The number of nitrogen functional groups attached to an aromatic ring is 4. The molecule has 0 aromatic heterocycles. The van der Waals surface area contributed by atoms with E-state index in [4.69, 9.17) is 60.8 Å². The van der Waals surface area contributed by atoms with E-state index in [1.807, 2.05) is 0 Å². The molecule has 296 valence electrons. The van der Waals surface area contributed by atoms with Crippen LogP contribution in [0.15, 0.2) is 72.8 Å². The molecule has 0 bridgehead atoms. The summed E-state index contributed by atoms with van der Waals surface area (Å²) in [6, 6.07) is 14.1. The molecule has 0 heterocycles. The van der Waals surface area contributed by atoms with Gasteiger partial charge >= 0.3 is 0 Å². The van der Waals surface area contributed by atoms with Gasteiger partial charge in [-0.05, 0) is 70.8 Å². The van der Waals surface area contributed by atoms with E-state index >= 15 is 0 Å². The zero-order valence-corrected chi connectivity index (χ0v) is 32.9. The molecule has 0 saturated carbocycles. The van der Waals surface area contributed by atoms with Crippen LogP contribution in [0.3, 0.4) is 0 Å². The first-order chi connectivity index (χ1) is 26.9. The van der Waals surface area contributed by atoms with Crippen LogP contribution in [0.1, 0.15) is 22.3 Å². The number of benzene rings is 4. The van der Waals surface area contributed by atoms with Crippen molar-refractivity contribution in [3.8, 4) is 46.0 Å². The molecule has 0 atom stereocenters. The molecule has 0 unspecified atom stereocenters. The van der Waals surface area contributed by atoms with Crippen molar-refractivity contribution in [1.29, 1.82) is 0 Å². The summed E-state index contributed by atoms with van der Waals surface area (Å²) in [5.41, 5.74) is 29.0. The van der Waals surface area contributed by atoms with Crippen molar-refractivity contribution < 1.29 is 42.7 Å².